The number of H-pyrrole nitrogens is 2. The van der Waals surface area contributed by atoms with Crippen molar-refractivity contribution < 1.29 is 10.6 Å². The summed E-state index contributed by atoms with van der Waals surface area (Å²) in [7, 11) is 0. The Morgan fingerprint density at radius 3 is 2.29 bits per heavy atom. The topological polar surface area (TPSA) is 59.9 Å². The second kappa shape index (κ2) is 6.43. The van der Waals surface area contributed by atoms with Gasteiger partial charge in [-0.15, -0.1) is 5.10 Å². The third-order valence-electron chi connectivity index (χ3n) is 0.442. The molecule has 3 nitrogen and oxygen atoms in total. The van der Waals surface area contributed by atoms with Crippen LogP contribution in [0.3, 0.4) is 0 Å². The fourth-order valence-corrected chi connectivity index (χ4v) is 0.241. The van der Waals surface area contributed by atoms with Gasteiger partial charge in [0, 0.05) is 43.8 Å². The van der Waals surface area contributed by atoms with Crippen LogP contribution >= 0.6 is 0 Å². The molecule has 0 amide bonds. The van der Waals surface area contributed by atoms with E-state index < -0.39 is 0 Å². The third-order valence-corrected chi connectivity index (χ3v) is 0.442. The first kappa shape index (κ1) is 10.4. The minimum Gasteiger partial charge on any atom is -0.870 e. The van der Waals surface area contributed by atoms with Crippen LogP contribution in [0.2, 0.25) is 0 Å². The predicted molar refractivity (Wildman–Crippen MR) is 25.0 cm³/mol. The maximum Gasteiger partial charge on any atom is 0.192 e. The zero-order valence-corrected chi connectivity index (χ0v) is 6.09. The smallest absolute Gasteiger partial charge is 0.192 e. The van der Waals surface area contributed by atoms with Gasteiger partial charge in [0.25, 0.3) is 0 Å². The first-order chi connectivity index (χ1) is 2.50. The molecular formula is C3H6CaN2O. The van der Waals surface area contributed by atoms with Gasteiger partial charge in [-0.25, -0.2) is 0 Å². The zero-order valence-electron chi connectivity index (χ0n) is 3.89. The molecular weight excluding hydrogens is 120 g/mol. The second-order valence-corrected chi connectivity index (χ2v) is 0.814. The molecule has 0 aliphatic carbocycles. The van der Waals surface area contributed by atoms with E-state index in [2.05, 4.69) is 10.2 Å². The standard InChI is InChI=1S/C3H4N2.Ca.H2O/c1-2-4-5-3-1;;/h1-3H,(H,4,5);;1H2. The number of hydrogen-bond acceptors (Lipinski definition) is 1. The molecule has 0 fully saturated rings. The van der Waals surface area contributed by atoms with E-state index in [0.717, 1.165) is 0 Å². The van der Waals surface area contributed by atoms with Gasteiger partial charge in [0.05, 0.1) is 6.20 Å². The summed E-state index contributed by atoms with van der Waals surface area (Å²) in [6.45, 7) is 0. The molecule has 7 heavy (non-hydrogen) atoms. The van der Waals surface area contributed by atoms with Crippen LogP contribution < -0.4 is 5.10 Å². The Morgan fingerprint density at radius 1 is 1.43 bits per heavy atom. The molecule has 0 saturated heterocycles. The normalized spacial score (nSPS) is 5.71. The number of rotatable bonds is 0. The van der Waals surface area contributed by atoms with Crippen molar-refractivity contribution in [3.63, 3.8) is 0 Å². The Kier molecular flexibility index (Phi) is 9.57. The average molecular weight is 126 g/mol. The molecule has 0 spiro atoms. The van der Waals surface area contributed by atoms with Gasteiger partial charge in [-0.2, -0.15) is 5.10 Å². The third kappa shape index (κ3) is 4.28. The van der Waals surface area contributed by atoms with Crippen molar-refractivity contribution in [1.82, 2.24) is 5.10 Å². The molecule has 0 aliphatic rings. The molecule has 3 N–H and O–H groups in total. The van der Waals surface area contributed by atoms with Gasteiger partial charge < -0.3 is 5.48 Å². The largest absolute Gasteiger partial charge is 0.870 e. The summed E-state index contributed by atoms with van der Waals surface area (Å²) < 4.78 is 0. The van der Waals surface area contributed by atoms with Gasteiger partial charge in [0.1, 0.15) is 0 Å². The Balaban J connectivity index is 0. The molecule has 1 heterocycles. The Bertz CT molecular complexity index is 69.4. The minimum absolute atomic E-state index is 0. The first-order valence-electron chi connectivity index (χ1n) is 1.49. The van der Waals surface area contributed by atoms with E-state index in [0.29, 0.717) is 0 Å². The summed E-state index contributed by atoms with van der Waals surface area (Å²) in [5, 5.41) is 5.47. The van der Waals surface area contributed by atoms with Gasteiger partial charge in [-0.3, -0.25) is 0 Å². The summed E-state index contributed by atoms with van der Waals surface area (Å²) in [6.07, 6.45) is 3.64. The van der Waals surface area contributed by atoms with Gasteiger partial charge in [0.15, 0.2) is 6.20 Å². The SMILES string of the molecule is [Ca].[OH-].c1c[nH][nH+]c1. The molecule has 0 aromatic carbocycles. The first-order valence-corrected chi connectivity index (χ1v) is 1.49. The molecule has 4 heteroatoms. The van der Waals surface area contributed by atoms with Crippen molar-refractivity contribution in [2.45, 2.75) is 0 Å². The average Bonchev–Trinajstić information content (AvgIpc) is 1.76. The van der Waals surface area contributed by atoms with Crippen LogP contribution in [0.4, 0.5) is 0 Å². The molecule has 1 aromatic rings. The Morgan fingerprint density at radius 2 is 2.14 bits per heavy atom. The second-order valence-electron chi connectivity index (χ2n) is 0.814. The molecule has 36 valence electrons. The summed E-state index contributed by atoms with van der Waals surface area (Å²) in [4.78, 5) is 0. The maximum atomic E-state index is 2.74. The number of aromatic amines is 2. The van der Waals surface area contributed by atoms with E-state index in [1.54, 1.807) is 0 Å². The van der Waals surface area contributed by atoms with E-state index in [1.165, 1.54) is 0 Å². The Hall–Kier alpha value is 0.430. The molecule has 0 atom stereocenters. The number of hydrogen-bond donors (Lipinski definition) is 1. The van der Waals surface area contributed by atoms with Crippen LogP contribution in [0.1, 0.15) is 0 Å². The van der Waals surface area contributed by atoms with E-state index in [1.807, 2.05) is 18.5 Å². The summed E-state index contributed by atoms with van der Waals surface area (Å²) in [5.41, 5.74) is 0. The molecule has 0 unspecified atom stereocenters. The molecule has 0 aliphatic heterocycles. The van der Waals surface area contributed by atoms with Gasteiger partial charge >= 0.3 is 0 Å². The van der Waals surface area contributed by atoms with E-state index in [4.69, 9.17) is 0 Å². The van der Waals surface area contributed by atoms with Gasteiger partial charge in [0.2, 0.25) is 0 Å². The Labute approximate surface area is 71.4 Å². The van der Waals surface area contributed by atoms with Crippen LogP contribution in [0, 0.1) is 0 Å². The van der Waals surface area contributed by atoms with Crippen molar-refractivity contribution in [3.05, 3.63) is 18.5 Å². The van der Waals surface area contributed by atoms with Gasteiger partial charge in [-0.05, 0) is 0 Å². The van der Waals surface area contributed by atoms with Crippen LogP contribution in [0.25, 0.3) is 0 Å². The molecule has 2 radical (unpaired) electrons. The fraction of sp³-hybridized carbons (Fsp3) is 0. The van der Waals surface area contributed by atoms with Crippen LogP contribution in [-0.4, -0.2) is 48.3 Å². The van der Waals surface area contributed by atoms with Crippen molar-refractivity contribution >= 4 is 37.7 Å². The van der Waals surface area contributed by atoms with E-state index in [9.17, 15) is 0 Å². The van der Waals surface area contributed by atoms with E-state index >= 15 is 0 Å². The number of nitrogens with one attached hydrogen (secondary N) is 2. The van der Waals surface area contributed by atoms with Crippen molar-refractivity contribution in [1.29, 1.82) is 0 Å². The predicted octanol–water partition coefficient (Wildman–Crippen LogP) is -0.729. The van der Waals surface area contributed by atoms with Crippen LogP contribution in [-0.2, 0) is 0 Å². The van der Waals surface area contributed by atoms with E-state index in [-0.39, 0.29) is 43.2 Å². The van der Waals surface area contributed by atoms with Crippen molar-refractivity contribution in [2.75, 3.05) is 0 Å². The number of aromatic nitrogens is 2. The molecule has 1 rings (SSSR count). The molecule has 0 bridgehead atoms. The summed E-state index contributed by atoms with van der Waals surface area (Å²) >= 11 is 0. The zero-order chi connectivity index (χ0) is 3.54. The molecule has 1 aromatic heterocycles. The molecule has 0 saturated carbocycles. The van der Waals surface area contributed by atoms with Crippen LogP contribution in [0.5, 0.6) is 0 Å². The minimum atomic E-state index is 0. The summed E-state index contributed by atoms with van der Waals surface area (Å²) in [6, 6.07) is 1.89. The fourth-order valence-electron chi connectivity index (χ4n) is 0.241. The quantitative estimate of drug-likeness (QED) is 0.458. The van der Waals surface area contributed by atoms with Crippen molar-refractivity contribution in [2.24, 2.45) is 0 Å². The monoisotopic (exact) mass is 126 g/mol. The summed E-state index contributed by atoms with van der Waals surface area (Å²) in [5.74, 6) is 0. The van der Waals surface area contributed by atoms with Gasteiger partial charge in [-0.1, -0.05) is 0 Å². The van der Waals surface area contributed by atoms with Crippen molar-refractivity contribution in [3.8, 4) is 0 Å². The maximum absolute atomic E-state index is 2.74. The van der Waals surface area contributed by atoms with Crippen LogP contribution in [0.15, 0.2) is 18.5 Å².